The van der Waals surface area contributed by atoms with Gasteiger partial charge in [-0.1, -0.05) is 5.16 Å². The molecule has 0 aliphatic heterocycles. The standard InChI is InChI=1S/C23H18FNO6/c1-27-19-10-14(11-20(28-2)22(19)29-3)23(26)30-16-8-9-17-18(12-16)31-25-21(17)13-4-6-15(24)7-5-13/h4-12H,1-3H3. The second-order valence-corrected chi connectivity index (χ2v) is 6.50. The second kappa shape index (κ2) is 8.35. The highest BCUT2D eigenvalue weighted by atomic mass is 19.1. The summed E-state index contributed by atoms with van der Waals surface area (Å²) < 4.78 is 39.8. The Bertz CT molecular complexity index is 1220. The average molecular weight is 423 g/mol. The zero-order valence-electron chi connectivity index (χ0n) is 17.0. The minimum Gasteiger partial charge on any atom is -0.493 e. The van der Waals surface area contributed by atoms with Gasteiger partial charge in [0.15, 0.2) is 17.1 Å². The zero-order valence-corrected chi connectivity index (χ0v) is 17.0. The number of esters is 1. The second-order valence-electron chi connectivity index (χ2n) is 6.50. The summed E-state index contributed by atoms with van der Waals surface area (Å²) in [6.07, 6.45) is 0. The summed E-state index contributed by atoms with van der Waals surface area (Å²) in [6, 6.07) is 13.9. The predicted molar refractivity (Wildman–Crippen MR) is 110 cm³/mol. The van der Waals surface area contributed by atoms with Gasteiger partial charge >= 0.3 is 5.97 Å². The predicted octanol–water partition coefficient (Wildman–Crippen LogP) is 4.88. The molecule has 0 saturated heterocycles. The molecule has 8 heteroatoms. The number of aromatic nitrogens is 1. The number of benzene rings is 3. The van der Waals surface area contributed by atoms with Crippen LogP contribution in [0.2, 0.25) is 0 Å². The zero-order chi connectivity index (χ0) is 22.0. The fourth-order valence-electron chi connectivity index (χ4n) is 3.16. The van der Waals surface area contributed by atoms with Crippen molar-refractivity contribution in [1.29, 1.82) is 0 Å². The Balaban J connectivity index is 1.62. The Labute approximate surface area is 176 Å². The molecule has 0 radical (unpaired) electrons. The van der Waals surface area contributed by atoms with Crippen LogP contribution in [0.25, 0.3) is 22.2 Å². The molecule has 0 fully saturated rings. The molecule has 0 saturated carbocycles. The summed E-state index contributed by atoms with van der Waals surface area (Å²) in [5.41, 5.74) is 1.92. The van der Waals surface area contributed by atoms with E-state index in [1.54, 1.807) is 30.3 Å². The molecule has 7 nitrogen and oxygen atoms in total. The lowest BCUT2D eigenvalue weighted by Crippen LogP contribution is -2.09. The topological polar surface area (TPSA) is 80.0 Å². The van der Waals surface area contributed by atoms with E-state index in [0.717, 1.165) is 0 Å². The minimum absolute atomic E-state index is 0.221. The molecule has 1 heterocycles. The smallest absolute Gasteiger partial charge is 0.343 e. The van der Waals surface area contributed by atoms with E-state index in [1.165, 1.54) is 45.6 Å². The lowest BCUT2D eigenvalue weighted by atomic mass is 10.1. The van der Waals surface area contributed by atoms with E-state index in [1.807, 2.05) is 0 Å². The SMILES string of the molecule is COc1cc(C(=O)Oc2ccc3c(-c4ccc(F)cc4)noc3c2)cc(OC)c1OC. The molecule has 0 unspecified atom stereocenters. The Morgan fingerprint density at radius 2 is 1.58 bits per heavy atom. The van der Waals surface area contributed by atoms with Gasteiger partial charge in [0.25, 0.3) is 0 Å². The number of hydrogen-bond acceptors (Lipinski definition) is 7. The summed E-state index contributed by atoms with van der Waals surface area (Å²) in [5.74, 6) is 0.368. The van der Waals surface area contributed by atoms with Gasteiger partial charge in [0.2, 0.25) is 5.75 Å². The van der Waals surface area contributed by atoms with Gasteiger partial charge in [-0.3, -0.25) is 0 Å². The van der Waals surface area contributed by atoms with Crippen molar-refractivity contribution in [1.82, 2.24) is 5.16 Å². The first-order chi connectivity index (χ1) is 15.0. The number of hydrogen-bond donors (Lipinski definition) is 0. The highest BCUT2D eigenvalue weighted by Crippen LogP contribution is 2.38. The molecule has 0 aliphatic rings. The van der Waals surface area contributed by atoms with Crippen molar-refractivity contribution in [2.45, 2.75) is 0 Å². The van der Waals surface area contributed by atoms with Crippen molar-refractivity contribution in [3.05, 3.63) is 66.0 Å². The maximum atomic E-state index is 13.2. The lowest BCUT2D eigenvalue weighted by Gasteiger charge is -2.13. The third kappa shape index (κ3) is 3.87. The average Bonchev–Trinajstić information content (AvgIpc) is 3.21. The van der Waals surface area contributed by atoms with Crippen molar-refractivity contribution in [2.24, 2.45) is 0 Å². The van der Waals surface area contributed by atoms with Crippen LogP contribution in [0.4, 0.5) is 4.39 Å². The Kier molecular flexibility index (Phi) is 5.44. The van der Waals surface area contributed by atoms with Crippen LogP contribution in [-0.4, -0.2) is 32.5 Å². The third-order valence-electron chi connectivity index (χ3n) is 4.67. The molecule has 0 bridgehead atoms. The van der Waals surface area contributed by atoms with E-state index in [4.69, 9.17) is 23.5 Å². The number of fused-ring (bicyclic) bond motifs is 1. The maximum Gasteiger partial charge on any atom is 0.343 e. The normalized spacial score (nSPS) is 10.7. The van der Waals surface area contributed by atoms with Crippen LogP contribution in [0.1, 0.15) is 10.4 Å². The number of halogens is 1. The number of carbonyl (C=O) groups is 1. The maximum absolute atomic E-state index is 13.2. The van der Waals surface area contributed by atoms with E-state index in [2.05, 4.69) is 5.16 Å². The Morgan fingerprint density at radius 3 is 2.19 bits per heavy atom. The molecule has 0 aliphatic carbocycles. The highest BCUT2D eigenvalue weighted by Gasteiger charge is 2.19. The van der Waals surface area contributed by atoms with Gasteiger partial charge in [0.05, 0.1) is 26.9 Å². The van der Waals surface area contributed by atoms with E-state index < -0.39 is 5.97 Å². The van der Waals surface area contributed by atoms with Crippen LogP contribution in [0, 0.1) is 5.82 Å². The molecule has 0 spiro atoms. The quantitative estimate of drug-likeness (QED) is 0.323. The fourth-order valence-corrected chi connectivity index (χ4v) is 3.16. The molecule has 158 valence electrons. The molecular weight excluding hydrogens is 405 g/mol. The van der Waals surface area contributed by atoms with Gasteiger partial charge in [0, 0.05) is 17.0 Å². The van der Waals surface area contributed by atoms with E-state index >= 15 is 0 Å². The number of methoxy groups -OCH3 is 3. The van der Waals surface area contributed by atoms with E-state index in [9.17, 15) is 9.18 Å². The minimum atomic E-state index is -0.614. The van der Waals surface area contributed by atoms with Crippen molar-refractivity contribution in [3.8, 4) is 34.3 Å². The van der Waals surface area contributed by atoms with Gasteiger partial charge in [-0.25, -0.2) is 9.18 Å². The van der Waals surface area contributed by atoms with Gasteiger partial charge in [-0.05, 0) is 48.5 Å². The summed E-state index contributed by atoms with van der Waals surface area (Å²) in [6.45, 7) is 0. The van der Waals surface area contributed by atoms with Crippen molar-refractivity contribution in [2.75, 3.05) is 21.3 Å². The summed E-state index contributed by atoms with van der Waals surface area (Å²) in [7, 11) is 4.40. The Morgan fingerprint density at radius 1 is 0.903 bits per heavy atom. The number of ether oxygens (including phenoxy) is 4. The number of rotatable bonds is 6. The molecule has 0 N–H and O–H groups in total. The molecule has 0 atom stereocenters. The largest absolute Gasteiger partial charge is 0.493 e. The first-order valence-corrected chi connectivity index (χ1v) is 9.21. The monoisotopic (exact) mass is 423 g/mol. The van der Waals surface area contributed by atoms with E-state index in [-0.39, 0.29) is 17.1 Å². The number of carbonyl (C=O) groups excluding carboxylic acids is 1. The van der Waals surface area contributed by atoms with Crippen LogP contribution in [-0.2, 0) is 0 Å². The summed E-state index contributed by atoms with van der Waals surface area (Å²) in [4.78, 5) is 12.7. The molecule has 3 aromatic carbocycles. The van der Waals surface area contributed by atoms with Crippen molar-refractivity contribution < 1.29 is 32.7 Å². The van der Waals surface area contributed by atoms with Gasteiger partial charge in [0.1, 0.15) is 17.3 Å². The van der Waals surface area contributed by atoms with Crippen LogP contribution in [0.5, 0.6) is 23.0 Å². The molecule has 1 aromatic heterocycles. The molecule has 4 aromatic rings. The van der Waals surface area contributed by atoms with Gasteiger partial charge in [-0.15, -0.1) is 0 Å². The lowest BCUT2D eigenvalue weighted by molar-refractivity contribution is 0.0734. The van der Waals surface area contributed by atoms with Gasteiger partial charge < -0.3 is 23.5 Å². The van der Waals surface area contributed by atoms with Gasteiger partial charge in [-0.2, -0.15) is 0 Å². The first kappa shape index (κ1) is 20.2. The van der Waals surface area contributed by atoms with E-state index in [0.29, 0.717) is 39.5 Å². The molecular formula is C23H18FNO6. The molecule has 0 amide bonds. The first-order valence-electron chi connectivity index (χ1n) is 9.21. The van der Waals surface area contributed by atoms with Crippen molar-refractivity contribution in [3.63, 3.8) is 0 Å². The highest BCUT2D eigenvalue weighted by molar-refractivity contribution is 5.95. The Hall–Kier alpha value is -4.07. The summed E-state index contributed by atoms with van der Waals surface area (Å²) in [5, 5.41) is 4.76. The van der Waals surface area contributed by atoms with Crippen LogP contribution >= 0.6 is 0 Å². The van der Waals surface area contributed by atoms with Crippen LogP contribution in [0.15, 0.2) is 59.1 Å². The molecule has 4 rings (SSSR count). The molecule has 31 heavy (non-hydrogen) atoms. The van der Waals surface area contributed by atoms with Crippen molar-refractivity contribution >= 4 is 16.9 Å². The third-order valence-corrected chi connectivity index (χ3v) is 4.67. The van der Waals surface area contributed by atoms with Crippen LogP contribution in [0.3, 0.4) is 0 Å². The summed E-state index contributed by atoms with van der Waals surface area (Å²) >= 11 is 0. The van der Waals surface area contributed by atoms with Crippen LogP contribution < -0.4 is 18.9 Å². The number of nitrogens with zero attached hydrogens (tertiary/aromatic N) is 1. The fraction of sp³-hybridized carbons (Fsp3) is 0.130.